The second-order valence-electron chi connectivity index (χ2n) is 7.53. The van der Waals surface area contributed by atoms with Crippen LogP contribution in [0.4, 0.5) is 14.5 Å². The van der Waals surface area contributed by atoms with E-state index in [-0.39, 0.29) is 17.0 Å². The molecule has 0 amide bonds. The molecule has 0 N–H and O–H groups in total. The van der Waals surface area contributed by atoms with Gasteiger partial charge in [-0.3, -0.25) is 4.90 Å². The Hall–Kier alpha value is -2.15. The van der Waals surface area contributed by atoms with Gasteiger partial charge in [-0.15, -0.1) is 0 Å². The maximum Gasteiger partial charge on any atom is 0.153 e. The topological polar surface area (TPSA) is 33.5 Å². The van der Waals surface area contributed by atoms with E-state index in [9.17, 15) is 8.78 Å². The first-order chi connectivity index (χ1) is 12.3. The molecule has 3 rings (SSSR count). The Balaban J connectivity index is 1.62. The van der Waals surface area contributed by atoms with Crippen molar-refractivity contribution in [1.82, 2.24) is 14.5 Å². The van der Waals surface area contributed by atoms with Crippen molar-refractivity contribution in [2.24, 2.45) is 0 Å². The number of halogens is 2. The number of aromatic nitrogens is 2. The standard InChI is InChI=1S/C19H26F2N4O/c1-19(2,3)25-8-6-24(7-9-25)18-16(20)12-15(13-17(18)21)26-11-10-23-5-4-22-14-23/h4-5,12-14H,6-11H2,1-3H3. The molecule has 0 saturated carbocycles. The van der Waals surface area contributed by atoms with Gasteiger partial charge in [-0.05, 0) is 20.8 Å². The Bertz CT molecular complexity index is 697. The van der Waals surface area contributed by atoms with Crippen LogP contribution in [0.3, 0.4) is 0 Å². The van der Waals surface area contributed by atoms with Crippen molar-refractivity contribution < 1.29 is 13.5 Å². The number of anilines is 1. The molecule has 2 aromatic rings. The molecule has 0 bridgehead atoms. The summed E-state index contributed by atoms with van der Waals surface area (Å²) < 4.78 is 36.4. The lowest BCUT2D eigenvalue weighted by Gasteiger charge is -2.43. The number of piperazine rings is 1. The monoisotopic (exact) mass is 364 g/mol. The highest BCUT2D eigenvalue weighted by atomic mass is 19.1. The highest BCUT2D eigenvalue weighted by Gasteiger charge is 2.28. The van der Waals surface area contributed by atoms with Gasteiger partial charge < -0.3 is 14.2 Å². The Morgan fingerprint density at radius 3 is 2.27 bits per heavy atom. The fourth-order valence-corrected chi connectivity index (χ4v) is 3.22. The summed E-state index contributed by atoms with van der Waals surface area (Å²) in [4.78, 5) is 8.04. The summed E-state index contributed by atoms with van der Waals surface area (Å²) in [7, 11) is 0. The first-order valence-corrected chi connectivity index (χ1v) is 8.92. The number of hydrogen-bond donors (Lipinski definition) is 0. The summed E-state index contributed by atoms with van der Waals surface area (Å²) in [5.41, 5.74) is 0.108. The molecule has 142 valence electrons. The molecule has 26 heavy (non-hydrogen) atoms. The van der Waals surface area contributed by atoms with Crippen LogP contribution in [0.25, 0.3) is 0 Å². The van der Waals surface area contributed by atoms with E-state index in [1.165, 1.54) is 12.1 Å². The molecule has 0 atom stereocenters. The van der Waals surface area contributed by atoms with Crippen LogP contribution in [0.1, 0.15) is 20.8 Å². The van der Waals surface area contributed by atoms with E-state index in [1.54, 1.807) is 17.4 Å². The molecule has 0 aliphatic carbocycles. The molecule has 1 saturated heterocycles. The van der Waals surface area contributed by atoms with E-state index in [0.717, 1.165) is 13.1 Å². The summed E-state index contributed by atoms with van der Waals surface area (Å²) in [5, 5.41) is 0. The van der Waals surface area contributed by atoms with Crippen molar-refractivity contribution in [3.63, 3.8) is 0 Å². The lowest BCUT2D eigenvalue weighted by atomic mass is 10.0. The molecule has 7 heteroatoms. The number of rotatable bonds is 5. The van der Waals surface area contributed by atoms with Crippen molar-refractivity contribution in [2.75, 3.05) is 37.7 Å². The third-order valence-corrected chi connectivity index (χ3v) is 4.71. The highest BCUT2D eigenvalue weighted by molar-refractivity contribution is 5.52. The van der Waals surface area contributed by atoms with E-state index in [2.05, 4.69) is 30.7 Å². The average Bonchev–Trinajstić information content (AvgIpc) is 3.07. The Morgan fingerprint density at radius 1 is 1.08 bits per heavy atom. The predicted molar refractivity (Wildman–Crippen MR) is 97.6 cm³/mol. The van der Waals surface area contributed by atoms with Crippen molar-refractivity contribution >= 4 is 5.69 Å². The molecule has 5 nitrogen and oxygen atoms in total. The van der Waals surface area contributed by atoms with Crippen molar-refractivity contribution in [1.29, 1.82) is 0 Å². The molecule has 2 heterocycles. The molecule has 1 fully saturated rings. The molecular formula is C19H26F2N4O. The Labute approximate surface area is 153 Å². The zero-order valence-electron chi connectivity index (χ0n) is 15.6. The van der Waals surface area contributed by atoms with Crippen molar-refractivity contribution in [3.05, 3.63) is 42.5 Å². The van der Waals surface area contributed by atoms with E-state index in [1.807, 2.05) is 10.8 Å². The average molecular weight is 364 g/mol. The normalized spacial score (nSPS) is 16.1. The predicted octanol–water partition coefficient (Wildman–Crippen LogP) is 3.16. The van der Waals surface area contributed by atoms with Crippen LogP contribution in [-0.4, -0.2) is 52.8 Å². The van der Waals surface area contributed by atoms with Gasteiger partial charge in [-0.2, -0.15) is 0 Å². The summed E-state index contributed by atoms with van der Waals surface area (Å²) in [6, 6.07) is 2.53. The molecule has 1 aliphatic rings. The second kappa shape index (κ2) is 7.61. The summed E-state index contributed by atoms with van der Waals surface area (Å²) in [5.74, 6) is -0.948. The minimum atomic E-state index is -0.577. The highest BCUT2D eigenvalue weighted by Crippen LogP contribution is 2.30. The van der Waals surface area contributed by atoms with Gasteiger partial charge in [-0.1, -0.05) is 0 Å². The molecule has 1 aliphatic heterocycles. The van der Waals surface area contributed by atoms with Crippen LogP contribution in [-0.2, 0) is 6.54 Å². The van der Waals surface area contributed by atoms with Crippen LogP contribution < -0.4 is 9.64 Å². The lowest BCUT2D eigenvalue weighted by Crippen LogP contribution is -2.53. The minimum Gasteiger partial charge on any atom is -0.492 e. The van der Waals surface area contributed by atoms with Crippen molar-refractivity contribution in [3.8, 4) is 5.75 Å². The maximum absolute atomic E-state index is 14.5. The lowest BCUT2D eigenvalue weighted by molar-refractivity contribution is 0.128. The van der Waals surface area contributed by atoms with E-state index in [0.29, 0.717) is 26.2 Å². The van der Waals surface area contributed by atoms with E-state index in [4.69, 9.17) is 4.74 Å². The van der Waals surface area contributed by atoms with E-state index >= 15 is 0 Å². The summed E-state index contributed by atoms with van der Waals surface area (Å²) in [6.07, 6.45) is 5.16. The number of benzene rings is 1. The number of imidazole rings is 1. The molecular weight excluding hydrogens is 338 g/mol. The molecule has 0 spiro atoms. The van der Waals surface area contributed by atoms with Crippen LogP contribution in [0.15, 0.2) is 30.9 Å². The molecule has 1 aromatic carbocycles. The maximum atomic E-state index is 14.5. The van der Waals surface area contributed by atoms with E-state index < -0.39 is 11.6 Å². The molecule has 1 aromatic heterocycles. The largest absolute Gasteiger partial charge is 0.492 e. The van der Waals surface area contributed by atoms with Crippen LogP contribution in [0.2, 0.25) is 0 Å². The minimum absolute atomic E-state index is 0.0421. The van der Waals surface area contributed by atoms with Gasteiger partial charge in [0, 0.05) is 56.2 Å². The third-order valence-electron chi connectivity index (χ3n) is 4.71. The quantitative estimate of drug-likeness (QED) is 0.816. The fraction of sp³-hybridized carbons (Fsp3) is 0.526. The first-order valence-electron chi connectivity index (χ1n) is 8.92. The Morgan fingerprint density at radius 2 is 1.73 bits per heavy atom. The van der Waals surface area contributed by atoms with Crippen LogP contribution in [0.5, 0.6) is 5.75 Å². The van der Waals surface area contributed by atoms with Gasteiger partial charge >= 0.3 is 0 Å². The summed E-state index contributed by atoms with van der Waals surface area (Å²) in [6.45, 7) is 10.1. The zero-order chi connectivity index (χ0) is 18.7. The van der Waals surface area contributed by atoms with Gasteiger partial charge in [0.25, 0.3) is 0 Å². The third kappa shape index (κ3) is 4.33. The van der Waals surface area contributed by atoms with Gasteiger partial charge in [-0.25, -0.2) is 13.8 Å². The van der Waals surface area contributed by atoms with Gasteiger partial charge in [0.05, 0.1) is 12.9 Å². The van der Waals surface area contributed by atoms with Gasteiger partial charge in [0.15, 0.2) is 11.6 Å². The van der Waals surface area contributed by atoms with Crippen LogP contribution in [0, 0.1) is 11.6 Å². The second-order valence-corrected chi connectivity index (χ2v) is 7.53. The van der Waals surface area contributed by atoms with Crippen molar-refractivity contribution in [2.45, 2.75) is 32.9 Å². The van der Waals surface area contributed by atoms with Crippen LogP contribution >= 0.6 is 0 Å². The number of hydrogen-bond acceptors (Lipinski definition) is 4. The summed E-state index contributed by atoms with van der Waals surface area (Å²) >= 11 is 0. The van der Waals surface area contributed by atoms with Gasteiger partial charge in [0.1, 0.15) is 18.0 Å². The smallest absolute Gasteiger partial charge is 0.153 e. The fourth-order valence-electron chi connectivity index (χ4n) is 3.22. The number of nitrogens with zero attached hydrogens (tertiary/aromatic N) is 4. The zero-order valence-corrected chi connectivity index (χ0v) is 15.6. The van der Waals surface area contributed by atoms with Gasteiger partial charge in [0.2, 0.25) is 0 Å². The first kappa shape index (κ1) is 18.6. The molecule has 0 radical (unpaired) electrons. The SMILES string of the molecule is CC(C)(C)N1CCN(c2c(F)cc(OCCn3ccnc3)cc2F)CC1. The molecule has 0 unspecified atom stereocenters. The Kier molecular flexibility index (Phi) is 5.46. The number of ether oxygens (including phenoxy) is 1.